The van der Waals surface area contributed by atoms with Crippen LogP contribution in [0.15, 0.2) is 30.5 Å². The summed E-state index contributed by atoms with van der Waals surface area (Å²) in [6.45, 7) is 3.77. The molecule has 26 heavy (non-hydrogen) atoms. The van der Waals surface area contributed by atoms with Gasteiger partial charge in [-0.2, -0.15) is 0 Å². The Kier molecular flexibility index (Phi) is 7.26. The van der Waals surface area contributed by atoms with Crippen LogP contribution in [0.1, 0.15) is 42.2 Å². The van der Waals surface area contributed by atoms with E-state index in [1.165, 1.54) is 11.8 Å². The number of nitrogens with one attached hydrogen (secondary N) is 1. The van der Waals surface area contributed by atoms with E-state index in [0.717, 1.165) is 6.42 Å². The summed E-state index contributed by atoms with van der Waals surface area (Å²) in [5.41, 5.74) is 1.60. The summed E-state index contributed by atoms with van der Waals surface area (Å²) in [6.07, 6.45) is 2.22. The van der Waals surface area contributed by atoms with E-state index in [2.05, 4.69) is 24.1 Å². The molecule has 0 aliphatic heterocycles. The molecule has 0 radical (unpaired) electrons. The molecule has 1 aromatic carbocycles. The SMILES string of the molecule is CC[C@@H](C)c1ccc(NC(=O)COC(=O)c2ncc(Cl)c(Cl)c2Cl)cc1. The maximum absolute atomic E-state index is 12.0. The maximum atomic E-state index is 12.0. The van der Waals surface area contributed by atoms with Gasteiger partial charge in [0.25, 0.3) is 5.91 Å². The van der Waals surface area contributed by atoms with Crippen molar-refractivity contribution in [3.8, 4) is 0 Å². The number of aromatic nitrogens is 1. The van der Waals surface area contributed by atoms with Gasteiger partial charge in [-0.1, -0.05) is 60.8 Å². The summed E-state index contributed by atoms with van der Waals surface area (Å²) in [6, 6.07) is 7.52. The highest BCUT2D eigenvalue weighted by molar-refractivity contribution is 6.48. The molecule has 0 fully saturated rings. The van der Waals surface area contributed by atoms with E-state index in [4.69, 9.17) is 39.5 Å². The first kappa shape index (κ1) is 20.5. The number of hydrogen-bond donors (Lipinski definition) is 1. The summed E-state index contributed by atoms with van der Waals surface area (Å²) < 4.78 is 4.92. The highest BCUT2D eigenvalue weighted by Crippen LogP contribution is 2.31. The Morgan fingerprint density at radius 1 is 1.15 bits per heavy atom. The monoisotopic (exact) mass is 414 g/mol. The zero-order valence-corrected chi connectivity index (χ0v) is 16.5. The van der Waals surface area contributed by atoms with Crippen molar-refractivity contribution in [2.75, 3.05) is 11.9 Å². The molecular weight excluding hydrogens is 399 g/mol. The van der Waals surface area contributed by atoms with E-state index >= 15 is 0 Å². The summed E-state index contributed by atoms with van der Waals surface area (Å²) in [4.78, 5) is 27.7. The fourth-order valence-corrected chi connectivity index (χ4v) is 2.67. The first-order valence-electron chi connectivity index (χ1n) is 7.89. The minimum atomic E-state index is -0.865. The fraction of sp³-hybridized carbons (Fsp3) is 0.278. The number of benzene rings is 1. The van der Waals surface area contributed by atoms with Gasteiger partial charge < -0.3 is 10.1 Å². The van der Waals surface area contributed by atoms with Crippen LogP contribution in [0.3, 0.4) is 0 Å². The number of amides is 1. The highest BCUT2D eigenvalue weighted by Gasteiger charge is 2.19. The number of carbonyl (C=O) groups excluding carboxylic acids is 2. The van der Waals surface area contributed by atoms with Crippen molar-refractivity contribution in [3.63, 3.8) is 0 Å². The third kappa shape index (κ3) is 5.10. The molecule has 0 spiro atoms. The van der Waals surface area contributed by atoms with Gasteiger partial charge in [0.15, 0.2) is 12.3 Å². The van der Waals surface area contributed by atoms with E-state index < -0.39 is 18.5 Å². The quantitative estimate of drug-likeness (QED) is 0.646. The molecule has 5 nitrogen and oxygen atoms in total. The molecule has 0 saturated carbocycles. The van der Waals surface area contributed by atoms with Crippen LogP contribution in [0, 0.1) is 0 Å². The van der Waals surface area contributed by atoms with E-state index in [1.807, 2.05) is 12.1 Å². The van der Waals surface area contributed by atoms with Gasteiger partial charge in [-0.15, -0.1) is 0 Å². The van der Waals surface area contributed by atoms with Crippen molar-refractivity contribution >= 4 is 52.4 Å². The molecule has 2 aromatic rings. The van der Waals surface area contributed by atoms with Crippen molar-refractivity contribution in [3.05, 3.63) is 56.8 Å². The van der Waals surface area contributed by atoms with Gasteiger partial charge in [-0.25, -0.2) is 9.78 Å². The Morgan fingerprint density at radius 3 is 2.42 bits per heavy atom. The van der Waals surface area contributed by atoms with Crippen LogP contribution in [0.25, 0.3) is 0 Å². The largest absolute Gasteiger partial charge is 0.451 e. The summed E-state index contributed by atoms with van der Waals surface area (Å²) in [5, 5.41) is 2.65. The van der Waals surface area contributed by atoms with Crippen molar-refractivity contribution in [1.82, 2.24) is 4.98 Å². The Labute approximate surface area is 166 Å². The highest BCUT2D eigenvalue weighted by atomic mass is 35.5. The molecule has 1 amide bonds. The third-order valence-corrected chi connectivity index (χ3v) is 5.06. The van der Waals surface area contributed by atoms with E-state index in [9.17, 15) is 9.59 Å². The summed E-state index contributed by atoms with van der Waals surface area (Å²) >= 11 is 17.5. The molecule has 0 unspecified atom stereocenters. The van der Waals surface area contributed by atoms with Crippen LogP contribution in [-0.2, 0) is 9.53 Å². The molecule has 1 aromatic heterocycles. The molecule has 0 aliphatic carbocycles. The number of halogens is 3. The Morgan fingerprint density at radius 2 is 1.81 bits per heavy atom. The lowest BCUT2D eigenvalue weighted by Gasteiger charge is -2.11. The molecule has 0 aliphatic rings. The first-order chi connectivity index (χ1) is 12.3. The van der Waals surface area contributed by atoms with Gasteiger partial charge in [0.2, 0.25) is 0 Å². The number of carbonyl (C=O) groups is 2. The van der Waals surface area contributed by atoms with Gasteiger partial charge >= 0.3 is 5.97 Å². The topological polar surface area (TPSA) is 68.3 Å². The van der Waals surface area contributed by atoms with Crippen molar-refractivity contribution in [1.29, 1.82) is 0 Å². The standard InChI is InChI=1S/C18H17Cl3N2O3/c1-3-10(2)11-4-6-12(7-5-11)23-14(24)9-26-18(25)17-16(21)15(20)13(19)8-22-17/h4-8,10H,3,9H2,1-2H3,(H,23,24)/t10-/m1/s1. The third-order valence-electron chi connectivity index (χ3n) is 3.82. The zero-order chi connectivity index (χ0) is 19.3. The number of ether oxygens (including phenoxy) is 1. The van der Waals surface area contributed by atoms with Crippen LogP contribution in [0.2, 0.25) is 15.1 Å². The van der Waals surface area contributed by atoms with Gasteiger partial charge in [-0.3, -0.25) is 4.79 Å². The van der Waals surface area contributed by atoms with E-state index in [0.29, 0.717) is 11.6 Å². The molecule has 1 heterocycles. The zero-order valence-electron chi connectivity index (χ0n) is 14.2. The van der Waals surface area contributed by atoms with Crippen LogP contribution >= 0.6 is 34.8 Å². The number of nitrogens with zero attached hydrogens (tertiary/aromatic N) is 1. The van der Waals surface area contributed by atoms with Crippen molar-refractivity contribution < 1.29 is 14.3 Å². The lowest BCUT2D eigenvalue weighted by molar-refractivity contribution is -0.119. The minimum Gasteiger partial charge on any atom is -0.451 e. The molecule has 0 saturated heterocycles. The van der Waals surface area contributed by atoms with Gasteiger partial charge in [0.1, 0.15) is 0 Å². The van der Waals surface area contributed by atoms with Gasteiger partial charge in [0.05, 0.1) is 15.1 Å². The number of rotatable bonds is 6. The van der Waals surface area contributed by atoms with Gasteiger partial charge in [0, 0.05) is 11.9 Å². The fourth-order valence-electron chi connectivity index (χ4n) is 2.11. The molecule has 8 heteroatoms. The molecule has 1 N–H and O–H groups in total. The number of pyridine rings is 1. The average Bonchev–Trinajstić information content (AvgIpc) is 2.64. The van der Waals surface area contributed by atoms with Crippen molar-refractivity contribution in [2.45, 2.75) is 26.2 Å². The average molecular weight is 416 g/mol. The molecule has 1 atom stereocenters. The first-order valence-corrected chi connectivity index (χ1v) is 9.03. The number of hydrogen-bond acceptors (Lipinski definition) is 4. The van der Waals surface area contributed by atoms with Gasteiger partial charge in [-0.05, 0) is 30.0 Å². The summed E-state index contributed by atoms with van der Waals surface area (Å²) in [7, 11) is 0. The lowest BCUT2D eigenvalue weighted by Crippen LogP contribution is -2.21. The summed E-state index contributed by atoms with van der Waals surface area (Å²) in [5.74, 6) is -0.897. The van der Waals surface area contributed by atoms with E-state index in [-0.39, 0.29) is 20.8 Å². The second kappa shape index (κ2) is 9.21. The van der Waals surface area contributed by atoms with Crippen LogP contribution in [0.4, 0.5) is 5.69 Å². The van der Waals surface area contributed by atoms with E-state index in [1.54, 1.807) is 12.1 Å². The van der Waals surface area contributed by atoms with Crippen LogP contribution < -0.4 is 5.32 Å². The number of esters is 1. The lowest BCUT2D eigenvalue weighted by atomic mass is 9.99. The molecule has 138 valence electrons. The number of anilines is 1. The minimum absolute atomic E-state index is 0.00105. The maximum Gasteiger partial charge on any atom is 0.359 e. The predicted octanol–water partition coefficient (Wildman–Crippen LogP) is 5.35. The molecule has 0 bridgehead atoms. The predicted molar refractivity (Wildman–Crippen MR) is 103 cm³/mol. The van der Waals surface area contributed by atoms with Crippen molar-refractivity contribution in [2.24, 2.45) is 0 Å². The normalized spacial score (nSPS) is 11.7. The Balaban J connectivity index is 1.92. The second-order valence-corrected chi connectivity index (χ2v) is 6.80. The second-order valence-electron chi connectivity index (χ2n) is 5.64. The molecular formula is C18H17Cl3N2O3. The Hall–Kier alpha value is -1.82. The smallest absolute Gasteiger partial charge is 0.359 e. The molecule has 2 rings (SSSR count). The van der Waals surface area contributed by atoms with Crippen LogP contribution in [-0.4, -0.2) is 23.5 Å². The van der Waals surface area contributed by atoms with Crippen LogP contribution in [0.5, 0.6) is 0 Å². The Bertz CT molecular complexity index is 810.